The number of thioether (sulfide) groups is 2. The van der Waals surface area contributed by atoms with Crippen LogP contribution in [0.3, 0.4) is 0 Å². The molecule has 0 aliphatic heterocycles. The fourth-order valence-corrected chi connectivity index (χ4v) is 2.30. The second kappa shape index (κ2) is 6.66. The first-order valence-corrected chi connectivity index (χ1v) is 8.01. The average molecular weight is 275 g/mol. The van der Waals surface area contributed by atoms with Crippen molar-refractivity contribution in [3.8, 4) is 0 Å². The normalized spacial score (nSPS) is 13.9. The van der Waals surface area contributed by atoms with E-state index in [0.717, 1.165) is 23.8 Å². The van der Waals surface area contributed by atoms with Gasteiger partial charge in [-0.15, -0.1) is 11.8 Å². The first-order chi connectivity index (χ1) is 7.92. The van der Waals surface area contributed by atoms with Gasteiger partial charge in [-0.2, -0.15) is 16.7 Å². The summed E-state index contributed by atoms with van der Waals surface area (Å²) >= 11 is 3.57. The lowest BCUT2D eigenvalue weighted by Crippen LogP contribution is -2.12. The molecule has 17 heavy (non-hydrogen) atoms. The van der Waals surface area contributed by atoms with Crippen LogP contribution < -0.4 is 5.73 Å². The lowest BCUT2D eigenvalue weighted by atomic mass is 10.2. The van der Waals surface area contributed by atoms with E-state index in [4.69, 9.17) is 10.3 Å². The zero-order valence-corrected chi connectivity index (χ0v) is 12.5. The van der Waals surface area contributed by atoms with Crippen molar-refractivity contribution < 1.29 is 4.52 Å². The fourth-order valence-electron chi connectivity index (χ4n) is 1.13. The van der Waals surface area contributed by atoms with Gasteiger partial charge in [0.15, 0.2) is 5.82 Å². The summed E-state index contributed by atoms with van der Waals surface area (Å²) in [6.07, 6.45) is 2.93. The van der Waals surface area contributed by atoms with Crippen LogP contribution in [0, 0.1) is 0 Å². The van der Waals surface area contributed by atoms with Gasteiger partial charge in [0.25, 0.3) is 0 Å². The highest BCUT2D eigenvalue weighted by Crippen LogP contribution is 2.26. The molecule has 0 aliphatic carbocycles. The molecule has 0 aliphatic rings. The second-order valence-electron chi connectivity index (χ2n) is 4.84. The molecule has 6 heteroatoms. The van der Waals surface area contributed by atoms with E-state index in [1.165, 1.54) is 0 Å². The van der Waals surface area contributed by atoms with Crippen molar-refractivity contribution in [2.45, 2.75) is 43.7 Å². The maximum Gasteiger partial charge on any atom is 0.243 e. The highest BCUT2D eigenvalue weighted by atomic mass is 32.2. The second-order valence-corrected chi connectivity index (χ2v) is 7.63. The van der Waals surface area contributed by atoms with E-state index in [2.05, 4.69) is 37.2 Å². The van der Waals surface area contributed by atoms with E-state index >= 15 is 0 Å². The maximum atomic E-state index is 5.96. The molecule has 0 spiro atoms. The Hall–Kier alpha value is -0.200. The Labute approximate surface area is 111 Å². The van der Waals surface area contributed by atoms with Crippen molar-refractivity contribution in [1.82, 2.24) is 10.1 Å². The molecule has 0 radical (unpaired) electrons. The smallest absolute Gasteiger partial charge is 0.243 e. The zero-order chi connectivity index (χ0) is 12.9. The Morgan fingerprint density at radius 1 is 1.41 bits per heavy atom. The number of aromatic nitrogens is 2. The summed E-state index contributed by atoms with van der Waals surface area (Å²) in [6.45, 7) is 6.51. The molecule has 1 heterocycles. The molecule has 4 nitrogen and oxygen atoms in total. The molecule has 0 unspecified atom stereocenters. The maximum absolute atomic E-state index is 5.96. The molecule has 1 aromatic rings. The standard InChI is InChI=1S/C11H21N3OS2/c1-11(2,3)17-7-9-13-10(15-14-9)8(12)5-6-16-4/h8H,5-7,12H2,1-4H3/t8-/m1/s1. The third-order valence-electron chi connectivity index (χ3n) is 2.07. The summed E-state index contributed by atoms with van der Waals surface area (Å²) in [7, 11) is 0. The lowest BCUT2D eigenvalue weighted by Gasteiger charge is -2.15. The number of nitrogens with two attached hydrogens (primary N) is 1. The van der Waals surface area contributed by atoms with Crippen molar-refractivity contribution >= 4 is 23.5 Å². The summed E-state index contributed by atoms with van der Waals surface area (Å²) in [5.74, 6) is 3.07. The molecular weight excluding hydrogens is 254 g/mol. The van der Waals surface area contributed by atoms with E-state index in [9.17, 15) is 0 Å². The SMILES string of the molecule is CSCC[C@@H](N)c1nc(CSC(C)(C)C)no1. The molecule has 0 saturated carbocycles. The molecule has 1 aromatic heterocycles. The van der Waals surface area contributed by atoms with Gasteiger partial charge in [-0.1, -0.05) is 25.9 Å². The monoisotopic (exact) mass is 275 g/mol. The predicted octanol–water partition coefficient (Wildman–Crippen LogP) is 2.85. The summed E-state index contributed by atoms with van der Waals surface area (Å²) in [5.41, 5.74) is 5.96. The molecular formula is C11H21N3OS2. The Morgan fingerprint density at radius 3 is 2.71 bits per heavy atom. The molecule has 1 rings (SSSR count). The molecule has 0 amide bonds. The summed E-state index contributed by atoms with van der Waals surface area (Å²) < 4.78 is 5.39. The molecule has 1 atom stereocenters. The van der Waals surface area contributed by atoms with Crippen LogP contribution in [0.5, 0.6) is 0 Å². The molecule has 0 saturated heterocycles. The number of nitrogens with zero attached hydrogens (tertiary/aromatic N) is 2. The van der Waals surface area contributed by atoms with E-state index in [-0.39, 0.29) is 10.8 Å². The average Bonchev–Trinajstić information content (AvgIpc) is 2.70. The Kier molecular flexibility index (Phi) is 5.82. The minimum atomic E-state index is -0.136. The topological polar surface area (TPSA) is 64.9 Å². The molecule has 0 fully saturated rings. The van der Waals surface area contributed by atoms with E-state index in [0.29, 0.717) is 5.89 Å². The Morgan fingerprint density at radius 2 is 2.12 bits per heavy atom. The lowest BCUT2D eigenvalue weighted by molar-refractivity contribution is 0.350. The minimum Gasteiger partial charge on any atom is -0.338 e. The number of rotatable bonds is 6. The van der Waals surface area contributed by atoms with Gasteiger partial charge in [0.2, 0.25) is 5.89 Å². The van der Waals surface area contributed by atoms with Gasteiger partial charge in [-0.3, -0.25) is 0 Å². The van der Waals surface area contributed by atoms with E-state index in [1.54, 1.807) is 23.5 Å². The molecule has 0 aromatic carbocycles. The molecule has 98 valence electrons. The number of hydrogen-bond donors (Lipinski definition) is 1. The first-order valence-electron chi connectivity index (χ1n) is 5.63. The predicted molar refractivity (Wildman–Crippen MR) is 75.3 cm³/mol. The summed E-state index contributed by atoms with van der Waals surface area (Å²) in [5, 5.41) is 3.95. The van der Waals surface area contributed by atoms with Crippen molar-refractivity contribution in [1.29, 1.82) is 0 Å². The van der Waals surface area contributed by atoms with Crippen molar-refractivity contribution in [2.75, 3.05) is 12.0 Å². The van der Waals surface area contributed by atoms with Gasteiger partial charge in [0.1, 0.15) is 0 Å². The van der Waals surface area contributed by atoms with Crippen molar-refractivity contribution in [3.05, 3.63) is 11.7 Å². The first kappa shape index (κ1) is 14.9. The van der Waals surface area contributed by atoms with Crippen LogP contribution in [0.4, 0.5) is 0 Å². The zero-order valence-electron chi connectivity index (χ0n) is 10.9. The van der Waals surface area contributed by atoms with Gasteiger partial charge < -0.3 is 10.3 Å². The van der Waals surface area contributed by atoms with Crippen LogP contribution in [0.25, 0.3) is 0 Å². The highest BCUT2D eigenvalue weighted by molar-refractivity contribution is 7.99. The minimum absolute atomic E-state index is 0.136. The van der Waals surface area contributed by atoms with Gasteiger partial charge in [-0.25, -0.2) is 0 Å². The van der Waals surface area contributed by atoms with Crippen LogP contribution in [-0.2, 0) is 5.75 Å². The van der Waals surface area contributed by atoms with Gasteiger partial charge in [0, 0.05) is 4.75 Å². The quantitative estimate of drug-likeness (QED) is 0.861. The van der Waals surface area contributed by atoms with Crippen LogP contribution in [0.1, 0.15) is 44.9 Å². The summed E-state index contributed by atoms with van der Waals surface area (Å²) in [4.78, 5) is 4.33. The van der Waals surface area contributed by atoms with Crippen LogP contribution in [-0.4, -0.2) is 26.9 Å². The van der Waals surface area contributed by atoms with Gasteiger partial charge in [-0.05, 0) is 18.4 Å². The van der Waals surface area contributed by atoms with Gasteiger partial charge in [0.05, 0.1) is 11.8 Å². The highest BCUT2D eigenvalue weighted by Gasteiger charge is 2.16. The third-order valence-corrected chi connectivity index (χ3v) is 3.98. The Bertz CT molecular complexity index is 336. The molecule has 0 bridgehead atoms. The molecule has 2 N–H and O–H groups in total. The van der Waals surface area contributed by atoms with Crippen molar-refractivity contribution in [3.63, 3.8) is 0 Å². The van der Waals surface area contributed by atoms with Crippen LogP contribution in [0.15, 0.2) is 4.52 Å². The largest absolute Gasteiger partial charge is 0.338 e. The fraction of sp³-hybridized carbons (Fsp3) is 0.818. The van der Waals surface area contributed by atoms with Crippen LogP contribution >= 0.6 is 23.5 Å². The van der Waals surface area contributed by atoms with E-state index < -0.39 is 0 Å². The van der Waals surface area contributed by atoms with Crippen molar-refractivity contribution in [2.24, 2.45) is 5.73 Å². The summed E-state index contributed by atoms with van der Waals surface area (Å²) in [6, 6.07) is -0.136. The van der Waals surface area contributed by atoms with Gasteiger partial charge >= 0.3 is 0 Å². The van der Waals surface area contributed by atoms with E-state index in [1.807, 2.05) is 0 Å². The number of hydrogen-bond acceptors (Lipinski definition) is 6. The van der Waals surface area contributed by atoms with Crippen LogP contribution in [0.2, 0.25) is 0 Å². The Balaban J connectivity index is 2.47. The third kappa shape index (κ3) is 5.79.